The highest BCUT2D eigenvalue weighted by atomic mass is 35.5. The Morgan fingerprint density at radius 3 is 2.71 bits per heavy atom. The Hall–Kier alpha value is -2.34. The largest absolute Gasteiger partial charge is 0.480 e. The molecule has 7 heteroatoms. The molecule has 128 valence electrons. The molecule has 2 rings (SSSR count). The first-order valence-electron chi connectivity index (χ1n) is 7.70. The molecule has 0 saturated carbocycles. The average Bonchev–Trinajstić information content (AvgIpc) is 2.93. The summed E-state index contributed by atoms with van der Waals surface area (Å²) in [5, 5.41) is 16.2. The third-order valence-electron chi connectivity index (χ3n) is 3.67. The monoisotopic (exact) mass is 350 g/mol. The van der Waals surface area contributed by atoms with Crippen molar-refractivity contribution in [3.8, 4) is 11.3 Å². The van der Waals surface area contributed by atoms with Crippen molar-refractivity contribution in [2.45, 2.75) is 39.2 Å². The molecule has 0 spiro atoms. The van der Waals surface area contributed by atoms with Crippen LogP contribution in [-0.4, -0.2) is 28.2 Å². The van der Waals surface area contributed by atoms with Gasteiger partial charge in [0.25, 0.3) is 5.91 Å². The summed E-state index contributed by atoms with van der Waals surface area (Å²) < 4.78 is 5.13. The van der Waals surface area contributed by atoms with Crippen molar-refractivity contribution < 1.29 is 19.2 Å². The van der Waals surface area contributed by atoms with Gasteiger partial charge in [-0.1, -0.05) is 54.7 Å². The third kappa shape index (κ3) is 3.94. The van der Waals surface area contributed by atoms with Crippen LogP contribution in [0.25, 0.3) is 11.3 Å². The maximum absolute atomic E-state index is 12.6. The fraction of sp³-hybridized carbons (Fsp3) is 0.353. The number of hydrogen-bond donors (Lipinski definition) is 2. The number of hydrogen-bond acceptors (Lipinski definition) is 4. The summed E-state index contributed by atoms with van der Waals surface area (Å²) in [5.41, 5.74) is 1.06. The number of unbranched alkanes of at least 4 members (excludes halogenated alkanes) is 1. The highest BCUT2D eigenvalue weighted by molar-refractivity contribution is 6.33. The Morgan fingerprint density at radius 1 is 1.38 bits per heavy atom. The second-order valence-corrected chi connectivity index (χ2v) is 5.86. The molecule has 2 aromatic rings. The van der Waals surface area contributed by atoms with Crippen LogP contribution in [-0.2, 0) is 4.79 Å². The van der Waals surface area contributed by atoms with E-state index in [1.54, 1.807) is 31.2 Å². The van der Waals surface area contributed by atoms with Gasteiger partial charge in [-0.25, -0.2) is 4.79 Å². The van der Waals surface area contributed by atoms with E-state index in [0.717, 1.165) is 6.42 Å². The first-order valence-corrected chi connectivity index (χ1v) is 8.08. The lowest BCUT2D eigenvalue weighted by Crippen LogP contribution is -2.41. The van der Waals surface area contributed by atoms with Gasteiger partial charge in [-0.2, -0.15) is 0 Å². The number of nitrogens with one attached hydrogen (secondary N) is 1. The van der Waals surface area contributed by atoms with Gasteiger partial charge in [0.05, 0.1) is 5.02 Å². The maximum atomic E-state index is 12.6. The highest BCUT2D eigenvalue weighted by Crippen LogP contribution is 2.31. The summed E-state index contributed by atoms with van der Waals surface area (Å²) in [6.07, 6.45) is 1.91. The van der Waals surface area contributed by atoms with Gasteiger partial charge >= 0.3 is 5.97 Å². The first-order chi connectivity index (χ1) is 11.5. The van der Waals surface area contributed by atoms with E-state index >= 15 is 0 Å². The molecule has 6 nitrogen and oxygen atoms in total. The summed E-state index contributed by atoms with van der Waals surface area (Å²) in [5.74, 6) is -1.29. The van der Waals surface area contributed by atoms with Gasteiger partial charge in [0.15, 0.2) is 0 Å². The third-order valence-corrected chi connectivity index (χ3v) is 4.00. The number of rotatable bonds is 7. The number of aryl methyl sites for hydroxylation is 1. The Bertz CT molecular complexity index is 742. The molecule has 0 aliphatic rings. The van der Waals surface area contributed by atoms with Crippen molar-refractivity contribution >= 4 is 23.5 Å². The zero-order chi connectivity index (χ0) is 17.7. The van der Waals surface area contributed by atoms with Gasteiger partial charge in [0.2, 0.25) is 0 Å². The number of carboxylic acids is 1. The van der Waals surface area contributed by atoms with Crippen molar-refractivity contribution in [3.63, 3.8) is 0 Å². The fourth-order valence-electron chi connectivity index (χ4n) is 2.37. The van der Waals surface area contributed by atoms with E-state index in [2.05, 4.69) is 10.5 Å². The Kier molecular flexibility index (Phi) is 5.98. The Labute approximate surface area is 144 Å². The number of halogens is 1. The van der Waals surface area contributed by atoms with Gasteiger partial charge in [-0.15, -0.1) is 0 Å². The number of carbonyl (C=O) groups is 2. The minimum absolute atomic E-state index is 0.200. The molecule has 1 atom stereocenters. The predicted molar refractivity (Wildman–Crippen MR) is 90.1 cm³/mol. The zero-order valence-corrected chi connectivity index (χ0v) is 14.3. The van der Waals surface area contributed by atoms with E-state index in [1.807, 2.05) is 6.92 Å². The van der Waals surface area contributed by atoms with Gasteiger partial charge in [0, 0.05) is 5.56 Å². The smallest absolute Gasteiger partial charge is 0.326 e. The van der Waals surface area contributed by atoms with E-state index in [-0.39, 0.29) is 5.56 Å². The molecule has 0 aliphatic carbocycles. The lowest BCUT2D eigenvalue weighted by Gasteiger charge is -2.14. The van der Waals surface area contributed by atoms with Crippen molar-refractivity contribution in [2.75, 3.05) is 0 Å². The zero-order valence-electron chi connectivity index (χ0n) is 13.5. The van der Waals surface area contributed by atoms with Crippen LogP contribution < -0.4 is 5.32 Å². The number of amides is 1. The SMILES string of the molecule is CCCC[C@H](NC(=O)c1c(-c2ccccc2Cl)noc1C)C(=O)O. The van der Waals surface area contributed by atoms with Crippen LogP contribution in [0.4, 0.5) is 0 Å². The standard InChI is InChI=1S/C17H19ClN2O4/c1-3-4-9-13(17(22)23)19-16(21)14-10(2)24-20-15(14)11-7-5-6-8-12(11)18/h5-8,13H,3-4,9H2,1-2H3,(H,19,21)(H,22,23)/t13-/m0/s1. The van der Waals surface area contributed by atoms with E-state index in [1.165, 1.54) is 0 Å². The summed E-state index contributed by atoms with van der Waals surface area (Å²) in [4.78, 5) is 23.9. The van der Waals surface area contributed by atoms with Crippen LogP contribution in [0, 0.1) is 6.92 Å². The van der Waals surface area contributed by atoms with Crippen molar-refractivity contribution in [2.24, 2.45) is 0 Å². The van der Waals surface area contributed by atoms with E-state index in [0.29, 0.717) is 34.9 Å². The number of aromatic nitrogens is 1. The second-order valence-electron chi connectivity index (χ2n) is 5.45. The molecular weight excluding hydrogens is 332 g/mol. The van der Waals surface area contributed by atoms with Crippen molar-refractivity contribution in [3.05, 3.63) is 40.6 Å². The van der Waals surface area contributed by atoms with Crippen LogP contribution in [0.1, 0.15) is 42.3 Å². The number of carboxylic acid groups (broad SMARTS) is 1. The highest BCUT2D eigenvalue weighted by Gasteiger charge is 2.27. The molecule has 0 saturated heterocycles. The van der Waals surface area contributed by atoms with Gasteiger partial charge in [0.1, 0.15) is 23.1 Å². The predicted octanol–water partition coefficient (Wildman–Crippen LogP) is 3.68. The van der Waals surface area contributed by atoms with Crippen LogP contribution in [0.5, 0.6) is 0 Å². The molecular formula is C17H19ClN2O4. The maximum Gasteiger partial charge on any atom is 0.326 e. The van der Waals surface area contributed by atoms with Crippen LogP contribution in [0.15, 0.2) is 28.8 Å². The summed E-state index contributed by atoms with van der Waals surface area (Å²) >= 11 is 6.16. The molecule has 0 radical (unpaired) electrons. The van der Waals surface area contributed by atoms with Crippen molar-refractivity contribution in [1.29, 1.82) is 0 Å². The Balaban J connectivity index is 2.32. The minimum Gasteiger partial charge on any atom is -0.480 e. The summed E-state index contributed by atoms with van der Waals surface area (Å²) in [6, 6.07) is 6.00. The average molecular weight is 351 g/mol. The van der Waals surface area contributed by atoms with Crippen molar-refractivity contribution in [1.82, 2.24) is 10.5 Å². The van der Waals surface area contributed by atoms with E-state index in [9.17, 15) is 14.7 Å². The molecule has 0 fully saturated rings. The Morgan fingerprint density at radius 2 is 2.08 bits per heavy atom. The first kappa shape index (κ1) is 18.0. The molecule has 0 bridgehead atoms. The minimum atomic E-state index is -1.06. The number of carbonyl (C=O) groups excluding carboxylic acids is 1. The van der Waals surface area contributed by atoms with Crippen LogP contribution in [0.2, 0.25) is 5.02 Å². The number of aliphatic carboxylic acids is 1. The molecule has 1 heterocycles. The lowest BCUT2D eigenvalue weighted by atomic mass is 10.0. The molecule has 2 N–H and O–H groups in total. The molecule has 0 unspecified atom stereocenters. The van der Waals surface area contributed by atoms with Gasteiger partial charge in [-0.05, 0) is 19.4 Å². The quantitative estimate of drug-likeness (QED) is 0.794. The molecule has 1 aromatic carbocycles. The van der Waals surface area contributed by atoms with E-state index in [4.69, 9.17) is 16.1 Å². The normalized spacial score (nSPS) is 12.0. The molecule has 0 aliphatic heterocycles. The second kappa shape index (κ2) is 7.97. The summed E-state index contributed by atoms with van der Waals surface area (Å²) in [6.45, 7) is 3.56. The lowest BCUT2D eigenvalue weighted by molar-refractivity contribution is -0.139. The molecule has 1 aromatic heterocycles. The van der Waals surface area contributed by atoms with E-state index < -0.39 is 17.9 Å². The van der Waals surface area contributed by atoms with Gasteiger partial charge < -0.3 is 14.9 Å². The number of nitrogens with zero attached hydrogens (tertiary/aromatic N) is 1. The van der Waals surface area contributed by atoms with Crippen LogP contribution >= 0.6 is 11.6 Å². The topological polar surface area (TPSA) is 92.4 Å². The van der Waals surface area contributed by atoms with Gasteiger partial charge in [-0.3, -0.25) is 4.79 Å². The molecule has 24 heavy (non-hydrogen) atoms. The van der Waals surface area contributed by atoms with Crippen LogP contribution in [0.3, 0.4) is 0 Å². The number of benzene rings is 1. The fourth-order valence-corrected chi connectivity index (χ4v) is 2.60. The molecule has 1 amide bonds. The summed E-state index contributed by atoms with van der Waals surface area (Å²) in [7, 11) is 0.